The average molecular weight is 551 g/mol. The molecule has 3 aromatic rings. The molecule has 0 radical (unpaired) electrons. The van der Waals surface area contributed by atoms with Crippen molar-refractivity contribution < 1.29 is 38.8 Å². The highest BCUT2D eigenvalue weighted by Crippen LogP contribution is 2.46. The van der Waals surface area contributed by atoms with Crippen molar-refractivity contribution in [3.63, 3.8) is 0 Å². The first kappa shape index (κ1) is 26.2. The molecule has 1 fully saturated rings. The van der Waals surface area contributed by atoms with Gasteiger partial charge in [0.05, 0.1) is 31.0 Å². The molecule has 0 aliphatic carbocycles. The van der Waals surface area contributed by atoms with Crippen molar-refractivity contribution in [3.8, 4) is 17.2 Å². The lowest BCUT2D eigenvalue weighted by Crippen LogP contribution is -2.29. The molecule has 2 atom stereocenters. The highest BCUT2D eigenvalue weighted by atomic mass is 32.1. The Morgan fingerprint density at radius 3 is 2.72 bits per heavy atom. The van der Waals surface area contributed by atoms with Crippen LogP contribution in [0.2, 0.25) is 0 Å². The van der Waals surface area contributed by atoms with E-state index in [0.717, 1.165) is 21.8 Å². The zero-order chi connectivity index (χ0) is 28.0. The van der Waals surface area contributed by atoms with Crippen LogP contribution in [0.15, 0.2) is 42.0 Å². The van der Waals surface area contributed by atoms with Gasteiger partial charge in [0.15, 0.2) is 16.6 Å². The van der Waals surface area contributed by atoms with Crippen LogP contribution < -0.4 is 14.4 Å². The fraction of sp³-hybridized carbons (Fsp3) is 0.286. The number of ether oxygens (including phenoxy) is 3. The zero-order valence-corrected chi connectivity index (χ0v) is 22.5. The number of esters is 1. The second kappa shape index (κ2) is 10.1. The molecule has 3 heterocycles. The number of ketones is 1. The first-order valence-electron chi connectivity index (χ1n) is 12.3. The van der Waals surface area contributed by atoms with E-state index in [9.17, 15) is 24.6 Å². The maximum absolute atomic E-state index is 13.5. The number of hydrogen-bond acceptors (Lipinski definition) is 10. The molecule has 1 saturated heterocycles. The lowest BCUT2D eigenvalue weighted by atomic mass is 9.94. The van der Waals surface area contributed by atoms with Gasteiger partial charge in [0.2, 0.25) is 0 Å². The molecule has 2 aromatic carbocycles. The molecule has 1 amide bonds. The Hall–Kier alpha value is -4.38. The van der Waals surface area contributed by atoms with E-state index in [-0.39, 0.29) is 45.6 Å². The SMILES string of the molecule is CCOc1cc(C2C(=C(O)c3ccc4c(c3)CC(C)O4)C(=O)C(=O)N2c2nc(C)c(C(=O)OC)s2)ccc1O. The number of amides is 1. The van der Waals surface area contributed by atoms with Crippen LogP contribution in [0.4, 0.5) is 5.13 Å². The first-order valence-corrected chi connectivity index (χ1v) is 13.1. The van der Waals surface area contributed by atoms with E-state index in [0.29, 0.717) is 29.0 Å². The standard InChI is InChI=1S/C28H26N2O8S/c1-5-37-20-12-15(6-8-18(20)31)22-21(23(32)16-7-9-19-17(11-16)10-13(2)38-19)24(33)26(34)30(22)28-29-14(3)25(39-28)27(35)36-4/h6-9,11-13,22,31-32H,5,10H2,1-4H3. The Labute approximate surface area is 228 Å². The Balaban J connectivity index is 1.71. The van der Waals surface area contributed by atoms with Gasteiger partial charge < -0.3 is 24.4 Å². The van der Waals surface area contributed by atoms with E-state index < -0.39 is 23.7 Å². The van der Waals surface area contributed by atoms with E-state index in [4.69, 9.17) is 14.2 Å². The molecular weight excluding hydrogens is 524 g/mol. The average Bonchev–Trinajstić information content (AvgIpc) is 3.56. The van der Waals surface area contributed by atoms with Crippen molar-refractivity contribution in [3.05, 3.63) is 69.2 Å². The number of phenols is 1. The molecule has 0 bridgehead atoms. The topological polar surface area (TPSA) is 135 Å². The van der Waals surface area contributed by atoms with Gasteiger partial charge in [0.25, 0.3) is 5.78 Å². The van der Waals surface area contributed by atoms with Crippen molar-refractivity contribution in [2.45, 2.75) is 39.3 Å². The minimum Gasteiger partial charge on any atom is -0.507 e. The lowest BCUT2D eigenvalue weighted by molar-refractivity contribution is -0.132. The van der Waals surface area contributed by atoms with E-state index in [1.54, 1.807) is 32.0 Å². The molecule has 2 unspecified atom stereocenters. The monoisotopic (exact) mass is 550 g/mol. The Bertz CT molecular complexity index is 1540. The van der Waals surface area contributed by atoms with Crippen LogP contribution in [0.5, 0.6) is 17.2 Å². The van der Waals surface area contributed by atoms with Gasteiger partial charge in [-0.15, -0.1) is 0 Å². The molecule has 2 N–H and O–H groups in total. The van der Waals surface area contributed by atoms with Crippen LogP contribution in [0, 0.1) is 6.92 Å². The van der Waals surface area contributed by atoms with Gasteiger partial charge in [-0.1, -0.05) is 17.4 Å². The maximum atomic E-state index is 13.5. The van der Waals surface area contributed by atoms with Crippen LogP contribution in [-0.4, -0.2) is 52.7 Å². The molecule has 0 saturated carbocycles. The number of rotatable bonds is 6. The molecule has 2 aliphatic rings. The highest BCUT2D eigenvalue weighted by molar-refractivity contribution is 7.17. The van der Waals surface area contributed by atoms with Crippen molar-refractivity contribution in [2.24, 2.45) is 0 Å². The summed E-state index contributed by atoms with van der Waals surface area (Å²) in [5.41, 5.74) is 1.79. The number of aromatic nitrogens is 1. The maximum Gasteiger partial charge on any atom is 0.350 e. The number of fused-ring (bicyclic) bond motifs is 1. The summed E-state index contributed by atoms with van der Waals surface area (Å²) in [6, 6.07) is 8.40. The number of aromatic hydroxyl groups is 1. The van der Waals surface area contributed by atoms with Crippen molar-refractivity contribution in [1.82, 2.24) is 4.98 Å². The van der Waals surface area contributed by atoms with Crippen molar-refractivity contribution in [1.29, 1.82) is 0 Å². The summed E-state index contributed by atoms with van der Waals surface area (Å²) in [6.45, 7) is 5.55. The second-order valence-electron chi connectivity index (χ2n) is 9.19. The molecule has 5 rings (SSSR count). The summed E-state index contributed by atoms with van der Waals surface area (Å²) in [5.74, 6) is -2.10. The van der Waals surface area contributed by atoms with Crippen molar-refractivity contribution >= 4 is 39.9 Å². The van der Waals surface area contributed by atoms with E-state index in [2.05, 4.69) is 4.98 Å². The number of anilines is 1. The number of methoxy groups -OCH3 is 1. The summed E-state index contributed by atoms with van der Waals surface area (Å²) in [4.78, 5) is 45.0. The first-order chi connectivity index (χ1) is 18.6. The molecule has 1 aromatic heterocycles. The minimum atomic E-state index is -1.12. The van der Waals surface area contributed by atoms with E-state index in [1.165, 1.54) is 25.3 Å². The van der Waals surface area contributed by atoms with E-state index >= 15 is 0 Å². The van der Waals surface area contributed by atoms with Gasteiger partial charge in [-0.25, -0.2) is 9.78 Å². The Morgan fingerprint density at radius 2 is 2.00 bits per heavy atom. The van der Waals surface area contributed by atoms with Gasteiger partial charge in [-0.05, 0) is 62.2 Å². The van der Waals surface area contributed by atoms with Gasteiger partial charge >= 0.3 is 11.9 Å². The molecule has 10 nitrogen and oxygen atoms in total. The number of Topliss-reactive ketones (excluding diaryl/α,β-unsaturated/α-hetero) is 1. The number of carbonyl (C=O) groups is 3. The number of carbonyl (C=O) groups excluding carboxylic acids is 3. The summed E-state index contributed by atoms with van der Waals surface area (Å²) >= 11 is 0.903. The molecule has 0 spiro atoms. The normalized spacial score (nSPS) is 19.6. The largest absolute Gasteiger partial charge is 0.507 e. The minimum absolute atomic E-state index is 0.0193. The van der Waals surface area contributed by atoms with Crippen LogP contribution in [0.25, 0.3) is 5.76 Å². The fourth-order valence-corrected chi connectivity index (χ4v) is 5.82. The fourth-order valence-electron chi connectivity index (χ4n) is 4.81. The summed E-state index contributed by atoms with van der Waals surface area (Å²) in [6.07, 6.45) is 0.618. The number of aliphatic hydroxyl groups excluding tert-OH is 1. The van der Waals surface area contributed by atoms with Crippen LogP contribution >= 0.6 is 11.3 Å². The number of benzene rings is 2. The number of hydrogen-bond donors (Lipinski definition) is 2. The van der Waals surface area contributed by atoms with Gasteiger partial charge in [-0.2, -0.15) is 0 Å². The zero-order valence-electron chi connectivity index (χ0n) is 21.7. The molecular formula is C28H26N2O8S. The molecule has 11 heteroatoms. The Morgan fingerprint density at radius 1 is 1.23 bits per heavy atom. The number of nitrogens with zero attached hydrogens (tertiary/aromatic N) is 2. The number of aliphatic hydroxyl groups is 1. The third-order valence-electron chi connectivity index (χ3n) is 6.58. The smallest absolute Gasteiger partial charge is 0.350 e. The summed E-state index contributed by atoms with van der Waals surface area (Å²) < 4.78 is 16.1. The van der Waals surface area contributed by atoms with Crippen LogP contribution in [0.1, 0.15) is 51.9 Å². The summed E-state index contributed by atoms with van der Waals surface area (Å²) in [7, 11) is 1.24. The highest BCUT2D eigenvalue weighted by Gasteiger charge is 2.48. The molecule has 39 heavy (non-hydrogen) atoms. The lowest BCUT2D eigenvalue weighted by Gasteiger charge is -2.23. The third-order valence-corrected chi connectivity index (χ3v) is 7.71. The Kier molecular flexibility index (Phi) is 6.77. The van der Waals surface area contributed by atoms with Crippen LogP contribution in [0.3, 0.4) is 0 Å². The summed E-state index contributed by atoms with van der Waals surface area (Å²) in [5, 5.41) is 21.8. The number of thiazole rings is 1. The van der Waals surface area contributed by atoms with E-state index in [1.807, 2.05) is 6.92 Å². The van der Waals surface area contributed by atoms with Crippen molar-refractivity contribution in [2.75, 3.05) is 18.6 Å². The predicted molar refractivity (Wildman–Crippen MR) is 142 cm³/mol. The predicted octanol–water partition coefficient (Wildman–Crippen LogP) is 4.29. The van der Waals surface area contributed by atoms with Gasteiger partial charge in [0.1, 0.15) is 22.5 Å². The number of aryl methyl sites for hydroxylation is 1. The third kappa shape index (κ3) is 4.48. The number of phenolic OH excluding ortho intramolecular Hbond substituents is 1. The van der Waals surface area contributed by atoms with Gasteiger partial charge in [0, 0.05) is 12.0 Å². The molecule has 202 valence electrons. The van der Waals surface area contributed by atoms with Gasteiger partial charge in [-0.3, -0.25) is 14.5 Å². The van der Waals surface area contributed by atoms with Crippen LogP contribution in [-0.2, 0) is 20.7 Å². The second-order valence-corrected chi connectivity index (χ2v) is 10.2. The quantitative estimate of drug-likeness (QED) is 0.199. The molecule has 2 aliphatic heterocycles.